The summed E-state index contributed by atoms with van der Waals surface area (Å²) in [6.07, 6.45) is 2.72. The third-order valence-corrected chi connectivity index (χ3v) is 6.46. The lowest BCUT2D eigenvalue weighted by Gasteiger charge is -2.30. The Morgan fingerprint density at radius 1 is 1.03 bits per heavy atom. The minimum Gasteiger partial charge on any atom is -0.350 e. The predicted molar refractivity (Wildman–Crippen MR) is 126 cm³/mol. The molecule has 1 fully saturated rings. The number of hydrogen-bond acceptors (Lipinski definition) is 4. The van der Waals surface area contributed by atoms with Gasteiger partial charge in [-0.05, 0) is 61.1 Å². The van der Waals surface area contributed by atoms with Gasteiger partial charge in [0.2, 0.25) is 0 Å². The van der Waals surface area contributed by atoms with Gasteiger partial charge in [0.25, 0.3) is 17.7 Å². The minimum absolute atomic E-state index is 0.00941. The molecule has 0 unspecified atom stereocenters. The molecule has 2 aromatic carbocycles. The van der Waals surface area contributed by atoms with Crippen LogP contribution in [0.15, 0.2) is 59.3 Å². The van der Waals surface area contributed by atoms with Crippen LogP contribution in [0.1, 0.15) is 42.6 Å². The number of benzene rings is 2. The smallest absolute Gasteiger partial charge is 0.283 e. The highest BCUT2D eigenvalue weighted by atomic mass is 35.5. The molecule has 2 aliphatic rings. The number of amides is 3. The van der Waals surface area contributed by atoms with Crippen molar-refractivity contribution in [2.24, 2.45) is 5.92 Å². The van der Waals surface area contributed by atoms with Crippen LogP contribution in [0, 0.1) is 5.92 Å². The number of piperidine rings is 1. The fourth-order valence-electron chi connectivity index (χ4n) is 4.09. The van der Waals surface area contributed by atoms with E-state index in [-0.39, 0.29) is 16.6 Å². The number of hydrogen-bond donors (Lipinski definition) is 1. The Kier molecular flexibility index (Phi) is 6.33. The van der Waals surface area contributed by atoms with Crippen LogP contribution in [-0.4, -0.2) is 35.7 Å². The van der Waals surface area contributed by atoms with Crippen LogP contribution in [0.2, 0.25) is 0 Å². The van der Waals surface area contributed by atoms with E-state index < -0.39 is 11.8 Å². The zero-order valence-corrected chi connectivity index (χ0v) is 19.0. The molecule has 6 nitrogen and oxygen atoms in total. The van der Waals surface area contributed by atoms with Gasteiger partial charge in [0.05, 0.1) is 5.69 Å². The van der Waals surface area contributed by atoms with Gasteiger partial charge in [-0.3, -0.25) is 14.4 Å². The summed E-state index contributed by atoms with van der Waals surface area (Å²) >= 11 is 6.25. The minimum atomic E-state index is -0.550. The van der Waals surface area contributed by atoms with E-state index >= 15 is 0 Å². The lowest BCUT2D eigenvalue weighted by Crippen LogP contribution is -2.37. The second kappa shape index (κ2) is 9.17. The first-order valence-corrected chi connectivity index (χ1v) is 11.3. The monoisotopic (exact) mass is 451 g/mol. The number of aryl methyl sites for hydroxylation is 1. The lowest BCUT2D eigenvalue weighted by atomic mass is 9.98. The normalized spacial score (nSPS) is 17.3. The van der Waals surface area contributed by atoms with Crippen molar-refractivity contribution in [1.82, 2.24) is 4.90 Å². The molecular formula is C25H26ClN3O3. The number of para-hydroxylation sites is 1. The van der Waals surface area contributed by atoms with E-state index in [9.17, 15) is 14.4 Å². The Bertz CT molecular complexity index is 1090. The van der Waals surface area contributed by atoms with E-state index in [1.807, 2.05) is 24.0 Å². The molecular weight excluding hydrogens is 426 g/mol. The van der Waals surface area contributed by atoms with Crippen LogP contribution < -0.4 is 10.2 Å². The number of imide groups is 1. The maximum Gasteiger partial charge on any atom is 0.283 e. The Morgan fingerprint density at radius 3 is 2.34 bits per heavy atom. The number of carbonyl (C=O) groups is 3. The van der Waals surface area contributed by atoms with Crippen molar-refractivity contribution in [2.75, 3.05) is 23.3 Å². The van der Waals surface area contributed by atoms with Gasteiger partial charge in [0, 0.05) is 24.3 Å². The standard InChI is InChI=1S/C25H26ClN3O3/c1-3-17-6-4-5-7-20(17)29-24(31)21(26)22(25(29)32)27-19-10-8-18(9-11-19)23(30)28-14-12-16(2)13-15-28/h4-11,16,27H,3,12-15H2,1-2H3. The molecule has 2 aliphatic heterocycles. The average Bonchev–Trinajstić information content (AvgIpc) is 3.02. The summed E-state index contributed by atoms with van der Waals surface area (Å²) in [4.78, 5) is 41.5. The zero-order chi connectivity index (χ0) is 22.8. The molecule has 3 amide bonds. The van der Waals surface area contributed by atoms with Crippen LogP contribution >= 0.6 is 11.6 Å². The molecule has 0 atom stereocenters. The van der Waals surface area contributed by atoms with Gasteiger partial charge < -0.3 is 10.2 Å². The first-order valence-electron chi connectivity index (χ1n) is 10.9. The average molecular weight is 452 g/mol. The number of halogens is 1. The molecule has 32 heavy (non-hydrogen) atoms. The maximum absolute atomic E-state index is 13.0. The molecule has 2 heterocycles. The van der Waals surface area contributed by atoms with Gasteiger partial charge in [-0.25, -0.2) is 4.90 Å². The molecule has 1 saturated heterocycles. The van der Waals surface area contributed by atoms with Crippen LogP contribution in [0.25, 0.3) is 0 Å². The Morgan fingerprint density at radius 2 is 1.69 bits per heavy atom. The molecule has 0 spiro atoms. The van der Waals surface area contributed by atoms with Crippen LogP contribution in [-0.2, 0) is 16.0 Å². The fraction of sp³-hybridized carbons (Fsp3) is 0.320. The van der Waals surface area contributed by atoms with Gasteiger partial charge in [0.1, 0.15) is 10.7 Å². The second-order valence-electron chi connectivity index (χ2n) is 8.29. The number of nitrogens with zero attached hydrogens (tertiary/aromatic N) is 2. The molecule has 4 rings (SSSR count). The number of rotatable bonds is 5. The molecule has 0 saturated carbocycles. The lowest BCUT2D eigenvalue weighted by molar-refractivity contribution is -0.120. The largest absolute Gasteiger partial charge is 0.350 e. The Hall–Kier alpha value is -3.12. The van der Waals surface area contributed by atoms with Crippen molar-refractivity contribution in [3.63, 3.8) is 0 Å². The summed E-state index contributed by atoms with van der Waals surface area (Å²) in [5.41, 5.74) is 2.63. The van der Waals surface area contributed by atoms with Gasteiger partial charge in [-0.1, -0.05) is 43.6 Å². The molecule has 1 N–H and O–H groups in total. The fourth-order valence-corrected chi connectivity index (χ4v) is 4.31. The highest BCUT2D eigenvalue weighted by Gasteiger charge is 2.39. The van der Waals surface area contributed by atoms with Crippen molar-refractivity contribution < 1.29 is 14.4 Å². The summed E-state index contributed by atoms with van der Waals surface area (Å²) in [7, 11) is 0. The van der Waals surface area contributed by atoms with Gasteiger partial charge in [0.15, 0.2) is 0 Å². The summed E-state index contributed by atoms with van der Waals surface area (Å²) in [5, 5.41) is 2.82. The van der Waals surface area contributed by atoms with Gasteiger partial charge >= 0.3 is 0 Å². The summed E-state index contributed by atoms with van der Waals surface area (Å²) in [5.74, 6) is -0.385. The third kappa shape index (κ3) is 4.15. The summed E-state index contributed by atoms with van der Waals surface area (Å²) in [6.45, 7) is 5.72. The third-order valence-electron chi connectivity index (χ3n) is 6.11. The summed E-state index contributed by atoms with van der Waals surface area (Å²) in [6, 6.07) is 14.2. The van der Waals surface area contributed by atoms with E-state index in [0.29, 0.717) is 29.3 Å². The first-order chi connectivity index (χ1) is 15.4. The molecule has 166 valence electrons. The highest BCUT2D eigenvalue weighted by molar-refractivity contribution is 6.53. The van der Waals surface area contributed by atoms with Crippen molar-refractivity contribution in [1.29, 1.82) is 0 Å². The molecule has 7 heteroatoms. The van der Waals surface area contributed by atoms with E-state index in [1.54, 1.807) is 36.4 Å². The maximum atomic E-state index is 13.0. The quantitative estimate of drug-likeness (QED) is 0.677. The SMILES string of the molecule is CCc1ccccc1N1C(=O)C(Cl)=C(Nc2ccc(C(=O)N3CCC(C)CC3)cc2)C1=O. The zero-order valence-electron chi connectivity index (χ0n) is 18.2. The summed E-state index contributed by atoms with van der Waals surface area (Å²) < 4.78 is 0. The highest BCUT2D eigenvalue weighted by Crippen LogP contribution is 2.32. The van der Waals surface area contributed by atoms with Crippen LogP contribution in [0.4, 0.5) is 11.4 Å². The number of likely N-dealkylation sites (tertiary alicyclic amines) is 1. The molecule has 0 bridgehead atoms. The van der Waals surface area contributed by atoms with Crippen LogP contribution in [0.5, 0.6) is 0 Å². The van der Waals surface area contributed by atoms with Crippen molar-refractivity contribution >= 4 is 40.7 Å². The first kappa shape index (κ1) is 22.1. The van der Waals surface area contributed by atoms with Gasteiger partial charge in [-0.15, -0.1) is 0 Å². The van der Waals surface area contributed by atoms with Crippen LogP contribution in [0.3, 0.4) is 0 Å². The topological polar surface area (TPSA) is 69.7 Å². The molecule has 0 aliphatic carbocycles. The van der Waals surface area contributed by atoms with E-state index in [0.717, 1.165) is 36.4 Å². The van der Waals surface area contributed by atoms with Crippen molar-refractivity contribution in [3.05, 3.63) is 70.4 Å². The Balaban J connectivity index is 1.50. The number of nitrogens with one attached hydrogen (secondary N) is 1. The molecule has 0 radical (unpaired) electrons. The second-order valence-corrected chi connectivity index (χ2v) is 8.67. The van der Waals surface area contributed by atoms with Crippen molar-refractivity contribution in [3.8, 4) is 0 Å². The molecule has 0 aromatic heterocycles. The van der Waals surface area contributed by atoms with E-state index in [4.69, 9.17) is 11.6 Å². The van der Waals surface area contributed by atoms with E-state index in [2.05, 4.69) is 12.2 Å². The van der Waals surface area contributed by atoms with Crippen molar-refractivity contribution in [2.45, 2.75) is 33.1 Å². The predicted octanol–water partition coefficient (Wildman–Crippen LogP) is 4.56. The Labute approximate surface area is 192 Å². The molecule has 2 aromatic rings. The number of anilines is 2. The number of carbonyl (C=O) groups excluding carboxylic acids is 3. The van der Waals surface area contributed by atoms with E-state index in [1.165, 1.54) is 0 Å². The van der Waals surface area contributed by atoms with Gasteiger partial charge in [-0.2, -0.15) is 0 Å².